The highest BCUT2D eigenvalue weighted by Crippen LogP contribution is 2.40. The van der Waals surface area contributed by atoms with E-state index in [-0.39, 0.29) is 26.1 Å². The Kier molecular flexibility index (Phi) is 8.95. The predicted molar refractivity (Wildman–Crippen MR) is 150 cm³/mol. The summed E-state index contributed by atoms with van der Waals surface area (Å²) in [5.41, 5.74) is -0.535. The molecule has 0 bridgehead atoms. The lowest BCUT2D eigenvalue weighted by molar-refractivity contribution is 0.00693. The maximum Gasteiger partial charge on any atom is 0.338 e. The summed E-state index contributed by atoms with van der Waals surface area (Å²) >= 11 is 5.79. The number of halogens is 1. The highest BCUT2D eigenvalue weighted by Gasteiger charge is 2.28. The van der Waals surface area contributed by atoms with Gasteiger partial charge in [-0.3, -0.25) is 5.41 Å². The zero-order chi connectivity index (χ0) is 27.6. The van der Waals surface area contributed by atoms with Crippen molar-refractivity contribution >= 4 is 70.6 Å². The smallest absolute Gasteiger partial charge is 0.338 e. The zero-order valence-corrected chi connectivity index (χ0v) is 25.5. The summed E-state index contributed by atoms with van der Waals surface area (Å²) < 4.78 is 56.9. The first-order valence-electron chi connectivity index (χ1n) is 10.6. The molecule has 1 N–H and O–H groups in total. The molecule has 0 radical (unpaired) electrons. The third-order valence-electron chi connectivity index (χ3n) is 4.68. The minimum absolute atomic E-state index is 0.136. The van der Waals surface area contributed by atoms with Crippen LogP contribution in [0.4, 0.5) is 0 Å². The van der Waals surface area contributed by atoms with Gasteiger partial charge in [-0.05, 0) is 75.6 Å². The van der Waals surface area contributed by atoms with Crippen molar-refractivity contribution in [2.45, 2.75) is 45.3 Å². The predicted octanol–water partition coefficient (Wildman–Crippen LogP) is 6.43. The highest BCUT2D eigenvalue weighted by molar-refractivity contribution is 9.10. The number of nitrogens with zero attached hydrogens (tertiary/aromatic N) is 1. The summed E-state index contributed by atoms with van der Waals surface area (Å²) in [6.45, 7) is 5.19. The van der Waals surface area contributed by atoms with Crippen LogP contribution in [-0.2, 0) is 29.2 Å². The van der Waals surface area contributed by atoms with E-state index in [0.29, 0.717) is 13.6 Å². The fourth-order valence-electron chi connectivity index (χ4n) is 3.04. The van der Waals surface area contributed by atoms with Crippen molar-refractivity contribution < 1.29 is 26.9 Å². The van der Waals surface area contributed by atoms with Crippen LogP contribution in [0.2, 0.25) is 0 Å². The lowest BCUT2D eigenvalue weighted by atomic mass is 10.2. The molecule has 3 aromatic rings. The first-order valence-corrected chi connectivity index (χ1v) is 16.4. The van der Waals surface area contributed by atoms with Gasteiger partial charge in [-0.25, -0.2) is 9.00 Å². The van der Waals surface area contributed by atoms with E-state index in [4.69, 9.17) is 14.9 Å². The molecular weight excluding hydrogens is 620 g/mol. The molecule has 0 spiro atoms. The van der Waals surface area contributed by atoms with E-state index in [1.165, 1.54) is 60.5 Å². The van der Waals surface area contributed by atoms with E-state index >= 15 is 0 Å². The van der Waals surface area contributed by atoms with Crippen LogP contribution < -0.4 is 0 Å². The summed E-state index contributed by atoms with van der Waals surface area (Å²) in [4.78, 5) is 12.8. The van der Waals surface area contributed by atoms with Crippen LogP contribution >= 0.6 is 39.0 Å². The van der Waals surface area contributed by atoms with Gasteiger partial charge in [0.15, 0.2) is 0 Å². The quantitative estimate of drug-likeness (QED) is 0.136. The average molecular weight is 646 g/mol. The van der Waals surface area contributed by atoms with Crippen molar-refractivity contribution in [3.05, 3.63) is 69.5 Å². The van der Waals surface area contributed by atoms with Crippen molar-refractivity contribution in [2.24, 2.45) is 3.77 Å². The van der Waals surface area contributed by atoms with Gasteiger partial charge in [-0.2, -0.15) is 8.42 Å². The molecule has 0 amide bonds. The number of rotatable bonds is 7. The molecule has 1 heterocycles. The first-order chi connectivity index (χ1) is 17.2. The molecule has 198 valence electrons. The number of thioether (sulfide) groups is 1. The van der Waals surface area contributed by atoms with Crippen molar-refractivity contribution in [1.29, 1.82) is 5.41 Å². The van der Waals surface area contributed by atoms with E-state index in [1.54, 1.807) is 51.3 Å². The lowest BCUT2D eigenvalue weighted by Crippen LogP contribution is -2.23. The molecule has 0 saturated heterocycles. The molecule has 0 aliphatic heterocycles. The topological polar surface area (TPSA) is 123 Å². The van der Waals surface area contributed by atoms with Gasteiger partial charge in [0, 0.05) is 4.47 Å². The molecule has 1 aromatic heterocycles. The minimum atomic E-state index is -4.45. The van der Waals surface area contributed by atoms with Crippen LogP contribution in [0.5, 0.6) is 0 Å². The average Bonchev–Trinajstić information content (AvgIpc) is 3.27. The SMILES string of the molecule is COC(=N)c1cc(S(=O)(=NS(=O)(=O)c2ccc(C(=O)OC(C)(C)C)cc2)c2cccc(Br)c2)c(SC)s1. The summed E-state index contributed by atoms with van der Waals surface area (Å²) in [5, 5.41) is 8.02. The monoisotopic (exact) mass is 644 g/mol. The molecular formula is C24H25BrN2O6S4. The number of benzene rings is 2. The second-order valence-electron chi connectivity index (χ2n) is 8.56. The number of carbonyl (C=O) groups excluding carboxylic acids is 1. The Labute approximate surface area is 233 Å². The van der Waals surface area contributed by atoms with Crippen LogP contribution in [0.25, 0.3) is 0 Å². The Morgan fingerprint density at radius 2 is 1.70 bits per heavy atom. The molecule has 2 aromatic carbocycles. The van der Waals surface area contributed by atoms with E-state index in [2.05, 4.69) is 19.7 Å². The van der Waals surface area contributed by atoms with Crippen molar-refractivity contribution in [2.75, 3.05) is 13.4 Å². The van der Waals surface area contributed by atoms with Crippen LogP contribution in [0.3, 0.4) is 0 Å². The van der Waals surface area contributed by atoms with Crippen LogP contribution in [-0.4, -0.2) is 43.5 Å². The maximum absolute atomic E-state index is 14.6. The molecule has 0 saturated carbocycles. The number of nitrogens with one attached hydrogen (secondary N) is 1. The van der Waals surface area contributed by atoms with Crippen molar-refractivity contribution in [1.82, 2.24) is 0 Å². The van der Waals surface area contributed by atoms with Crippen LogP contribution in [0.15, 0.2) is 81.7 Å². The largest absolute Gasteiger partial charge is 0.480 e. The van der Waals surface area contributed by atoms with Gasteiger partial charge < -0.3 is 9.47 Å². The molecule has 0 aliphatic carbocycles. The van der Waals surface area contributed by atoms with E-state index in [1.807, 2.05) is 0 Å². The summed E-state index contributed by atoms with van der Waals surface area (Å²) in [5.74, 6) is -0.731. The van der Waals surface area contributed by atoms with E-state index in [9.17, 15) is 17.4 Å². The van der Waals surface area contributed by atoms with Gasteiger partial charge in [0.05, 0.1) is 36.4 Å². The molecule has 1 atom stereocenters. The number of thiophene rings is 1. The third kappa shape index (κ3) is 6.82. The van der Waals surface area contributed by atoms with Crippen molar-refractivity contribution in [3.8, 4) is 0 Å². The first kappa shape index (κ1) is 29.4. The number of sulfonamides is 1. The Morgan fingerprint density at radius 1 is 1.05 bits per heavy atom. The second-order valence-corrected chi connectivity index (χ2v) is 15.6. The van der Waals surface area contributed by atoms with E-state index in [0.717, 1.165) is 0 Å². The number of carbonyl (C=O) groups is 1. The van der Waals surface area contributed by atoms with Crippen LogP contribution in [0, 0.1) is 5.41 Å². The summed E-state index contributed by atoms with van der Waals surface area (Å²) in [6, 6.07) is 13.1. The van der Waals surface area contributed by atoms with Crippen LogP contribution in [0.1, 0.15) is 36.0 Å². The number of esters is 1. The Morgan fingerprint density at radius 3 is 2.24 bits per heavy atom. The van der Waals surface area contributed by atoms with E-state index < -0.39 is 31.3 Å². The molecule has 37 heavy (non-hydrogen) atoms. The summed E-state index contributed by atoms with van der Waals surface area (Å²) in [6.07, 6.45) is 1.76. The highest BCUT2D eigenvalue weighted by atomic mass is 79.9. The fraction of sp³-hybridized carbons (Fsp3) is 0.250. The Bertz CT molecular complexity index is 1570. The third-order valence-corrected chi connectivity index (χ3v) is 12.0. The molecule has 0 aliphatic rings. The number of hydrogen-bond donors (Lipinski definition) is 1. The molecule has 3 rings (SSSR count). The molecule has 1 unspecified atom stereocenters. The standard InChI is InChI=1S/C24H25BrN2O6S4/c1-24(2,3)33-22(28)15-9-11-17(12-10-15)37(30,31)27-36(29,18-8-6-7-16(25)13-18)20-14-19(21(26)32-4)35-23(20)34-5/h6-14,26H,1-5H3. The van der Waals surface area contributed by atoms with Gasteiger partial charge in [0.2, 0.25) is 5.90 Å². The maximum atomic E-state index is 14.6. The van der Waals surface area contributed by atoms with Gasteiger partial charge in [-0.15, -0.1) is 23.1 Å². The zero-order valence-electron chi connectivity index (χ0n) is 20.6. The summed E-state index contributed by atoms with van der Waals surface area (Å²) in [7, 11) is -6.84. The minimum Gasteiger partial charge on any atom is -0.480 e. The van der Waals surface area contributed by atoms with Crippen molar-refractivity contribution in [3.63, 3.8) is 0 Å². The number of hydrogen-bond acceptors (Lipinski definition) is 9. The number of ether oxygens (including phenoxy) is 2. The van der Waals surface area contributed by atoms with Gasteiger partial charge in [-0.1, -0.05) is 25.8 Å². The van der Waals surface area contributed by atoms with Gasteiger partial charge in [0.1, 0.15) is 15.3 Å². The fourth-order valence-corrected chi connectivity index (χ4v) is 10.2. The van der Waals surface area contributed by atoms with Gasteiger partial charge >= 0.3 is 5.97 Å². The Balaban J connectivity index is 2.21. The Hall–Kier alpha value is -2.19. The molecule has 13 heteroatoms. The molecule has 0 fully saturated rings. The number of methoxy groups -OCH3 is 1. The molecule has 8 nitrogen and oxygen atoms in total. The second kappa shape index (κ2) is 11.3. The lowest BCUT2D eigenvalue weighted by Gasteiger charge is -2.19. The van der Waals surface area contributed by atoms with Gasteiger partial charge in [0.25, 0.3) is 10.0 Å². The normalized spacial score (nSPS) is 13.5.